The van der Waals surface area contributed by atoms with E-state index < -0.39 is 0 Å². The van der Waals surface area contributed by atoms with Crippen LogP contribution >= 0.6 is 11.5 Å². The number of carbonyl (C=O) groups excluding carboxylic acids is 1. The van der Waals surface area contributed by atoms with E-state index in [-0.39, 0.29) is 5.92 Å². The summed E-state index contributed by atoms with van der Waals surface area (Å²) in [5.74, 6) is 1.46. The third-order valence-electron chi connectivity index (χ3n) is 5.59. The number of piperazine rings is 1. The van der Waals surface area contributed by atoms with Gasteiger partial charge in [0, 0.05) is 49.6 Å². The number of imidazole rings is 1. The first-order chi connectivity index (χ1) is 12.8. The molecule has 0 unspecified atom stereocenters. The molecule has 0 bridgehead atoms. The van der Waals surface area contributed by atoms with Gasteiger partial charge in [-0.05, 0) is 36.5 Å². The Morgan fingerprint density at radius 2 is 2.04 bits per heavy atom. The summed E-state index contributed by atoms with van der Waals surface area (Å²) in [5, 5.41) is 1.22. The second-order valence-corrected chi connectivity index (χ2v) is 7.89. The predicted octanol–water partition coefficient (Wildman–Crippen LogP) is 2.47. The van der Waals surface area contributed by atoms with Gasteiger partial charge in [0.2, 0.25) is 5.91 Å². The Labute approximate surface area is 156 Å². The third kappa shape index (κ3) is 2.67. The van der Waals surface area contributed by atoms with Crippen LogP contribution in [0.2, 0.25) is 0 Å². The highest BCUT2D eigenvalue weighted by Crippen LogP contribution is 2.30. The van der Waals surface area contributed by atoms with E-state index in [0.29, 0.717) is 5.91 Å². The third-order valence-corrected chi connectivity index (χ3v) is 6.40. The summed E-state index contributed by atoms with van der Waals surface area (Å²) in [7, 11) is 0. The molecule has 1 aliphatic heterocycles. The van der Waals surface area contributed by atoms with E-state index in [0.717, 1.165) is 62.6 Å². The SMILES string of the molecule is O=C([C@@H]1CCc2nc[nH]c2C1)N1CCN(c2nsc3ccccc23)CC1. The molecule has 7 heteroatoms. The summed E-state index contributed by atoms with van der Waals surface area (Å²) in [5.41, 5.74) is 2.27. The van der Waals surface area contributed by atoms with Crippen molar-refractivity contribution in [3.8, 4) is 0 Å². The van der Waals surface area contributed by atoms with Crippen molar-refractivity contribution in [2.75, 3.05) is 31.1 Å². The molecule has 1 N–H and O–H groups in total. The molecule has 5 rings (SSSR count). The molecule has 0 spiro atoms. The van der Waals surface area contributed by atoms with Crippen molar-refractivity contribution in [2.24, 2.45) is 5.92 Å². The van der Waals surface area contributed by atoms with Crippen molar-refractivity contribution in [3.05, 3.63) is 42.0 Å². The van der Waals surface area contributed by atoms with E-state index in [1.807, 2.05) is 4.90 Å². The fourth-order valence-electron chi connectivity index (χ4n) is 4.11. The van der Waals surface area contributed by atoms with E-state index in [4.69, 9.17) is 0 Å². The lowest BCUT2D eigenvalue weighted by Gasteiger charge is -2.37. The van der Waals surface area contributed by atoms with Crippen LogP contribution in [0.4, 0.5) is 5.82 Å². The normalized spacial score (nSPS) is 20.4. The number of carbonyl (C=O) groups is 1. The molecular formula is C19H21N5OS. The second-order valence-electron chi connectivity index (χ2n) is 7.08. The zero-order valence-electron chi connectivity index (χ0n) is 14.5. The van der Waals surface area contributed by atoms with Gasteiger partial charge in [0.15, 0.2) is 0 Å². The number of aromatic amines is 1. The van der Waals surface area contributed by atoms with Crippen molar-refractivity contribution in [1.82, 2.24) is 19.2 Å². The Morgan fingerprint density at radius 1 is 1.19 bits per heavy atom. The number of fused-ring (bicyclic) bond motifs is 2. The molecule has 3 heterocycles. The Kier molecular flexibility index (Phi) is 3.89. The molecule has 3 aromatic rings. The Bertz CT molecular complexity index is 940. The highest BCUT2D eigenvalue weighted by atomic mass is 32.1. The number of anilines is 1. The molecular weight excluding hydrogens is 346 g/mol. The smallest absolute Gasteiger partial charge is 0.226 e. The maximum absolute atomic E-state index is 12.9. The summed E-state index contributed by atoms with van der Waals surface area (Å²) >= 11 is 1.55. The molecule has 2 aromatic heterocycles. The summed E-state index contributed by atoms with van der Waals surface area (Å²) in [6.07, 6.45) is 4.35. The number of hydrogen-bond acceptors (Lipinski definition) is 5. The predicted molar refractivity (Wildman–Crippen MR) is 103 cm³/mol. The van der Waals surface area contributed by atoms with Gasteiger partial charge in [-0.15, -0.1) is 0 Å². The molecule has 1 fully saturated rings. The van der Waals surface area contributed by atoms with Crippen LogP contribution in [0.25, 0.3) is 10.1 Å². The van der Waals surface area contributed by atoms with Crippen molar-refractivity contribution < 1.29 is 4.79 Å². The molecule has 1 amide bonds. The standard InChI is InChI=1S/C19H21N5OS/c25-19(13-5-6-15-16(11-13)21-12-20-15)24-9-7-23(8-10-24)18-14-3-1-2-4-17(14)26-22-18/h1-4,12-13H,5-11H2,(H,20,21)/t13-/m1/s1. The second kappa shape index (κ2) is 6.39. The summed E-state index contributed by atoms with van der Waals surface area (Å²) in [6.45, 7) is 3.25. The van der Waals surface area contributed by atoms with E-state index in [1.165, 1.54) is 10.1 Å². The largest absolute Gasteiger partial charge is 0.352 e. The maximum atomic E-state index is 12.9. The number of H-pyrrole nitrogens is 1. The van der Waals surface area contributed by atoms with Crippen LogP contribution < -0.4 is 4.90 Å². The Morgan fingerprint density at radius 3 is 2.92 bits per heavy atom. The van der Waals surface area contributed by atoms with E-state index in [9.17, 15) is 4.79 Å². The summed E-state index contributed by atoms with van der Waals surface area (Å²) < 4.78 is 5.87. The van der Waals surface area contributed by atoms with E-state index in [1.54, 1.807) is 17.9 Å². The average molecular weight is 367 g/mol. The fraction of sp³-hybridized carbons (Fsp3) is 0.421. The lowest BCUT2D eigenvalue weighted by Crippen LogP contribution is -2.51. The van der Waals surface area contributed by atoms with Crippen molar-refractivity contribution in [3.63, 3.8) is 0 Å². The fourth-order valence-corrected chi connectivity index (χ4v) is 4.90. The van der Waals surface area contributed by atoms with Crippen molar-refractivity contribution in [1.29, 1.82) is 0 Å². The van der Waals surface area contributed by atoms with Crippen LogP contribution in [0.5, 0.6) is 0 Å². The Hall–Kier alpha value is -2.41. The summed E-state index contributed by atoms with van der Waals surface area (Å²) in [6, 6.07) is 8.36. The minimum atomic E-state index is 0.0922. The molecule has 1 aromatic carbocycles. The minimum Gasteiger partial charge on any atom is -0.352 e. The molecule has 26 heavy (non-hydrogen) atoms. The number of aryl methyl sites for hydroxylation is 1. The zero-order chi connectivity index (χ0) is 17.5. The topological polar surface area (TPSA) is 65.1 Å². The first-order valence-corrected chi connectivity index (χ1v) is 9.96. The van der Waals surface area contributed by atoms with Gasteiger partial charge in [0.1, 0.15) is 5.82 Å². The number of nitrogens with one attached hydrogen (secondary N) is 1. The number of nitrogens with zero attached hydrogens (tertiary/aromatic N) is 4. The van der Waals surface area contributed by atoms with Crippen LogP contribution in [-0.2, 0) is 17.6 Å². The van der Waals surface area contributed by atoms with Gasteiger partial charge in [-0.2, -0.15) is 4.37 Å². The molecule has 1 aliphatic carbocycles. The number of amides is 1. The van der Waals surface area contributed by atoms with Crippen LogP contribution in [0.1, 0.15) is 17.8 Å². The molecule has 2 aliphatic rings. The van der Waals surface area contributed by atoms with E-state index in [2.05, 4.69) is 43.5 Å². The van der Waals surface area contributed by atoms with Crippen LogP contribution in [0, 0.1) is 5.92 Å². The summed E-state index contributed by atoms with van der Waals surface area (Å²) in [4.78, 5) is 24.8. The van der Waals surface area contributed by atoms with Gasteiger partial charge >= 0.3 is 0 Å². The monoisotopic (exact) mass is 367 g/mol. The minimum absolute atomic E-state index is 0.0922. The van der Waals surface area contributed by atoms with Gasteiger partial charge in [0.05, 0.1) is 16.7 Å². The van der Waals surface area contributed by atoms with Crippen molar-refractivity contribution >= 4 is 33.3 Å². The Balaban J connectivity index is 1.25. The van der Waals surface area contributed by atoms with Gasteiger partial charge in [-0.25, -0.2) is 4.98 Å². The molecule has 0 radical (unpaired) electrons. The number of rotatable bonds is 2. The number of aromatic nitrogens is 3. The lowest BCUT2D eigenvalue weighted by molar-refractivity contribution is -0.136. The number of benzene rings is 1. The maximum Gasteiger partial charge on any atom is 0.226 e. The molecule has 6 nitrogen and oxygen atoms in total. The van der Waals surface area contributed by atoms with Gasteiger partial charge in [-0.1, -0.05) is 12.1 Å². The molecule has 1 atom stereocenters. The van der Waals surface area contributed by atoms with Crippen LogP contribution in [0.3, 0.4) is 0 Å². The lowest BCUT2D eigenvalue weighted by atomic mass is 9.88. The zero-order valence-corrected chi connectivity index (χ0v) is 15.3. The molecule has 134 valence electrons. The van der Waals surface area contributed by atoms with Crippen LogP contribution in [-0.4, -0.2) is 51.3 Å². The molecule has 1 saturated heterocycles. The average Bonchev–Trinajstić information content (AvgIpc) is 3.34. The number of hydrogen-bond donors (Lipinski definition) is 1. The van der Waals surface area contributed by atoms with Crippen molar-refractivity contribution in [2.45, 2.75) is 19.3 Å². The molecule has 0 saturated carbocycles. The highest BCUT2D eigenvalue weighted by molar-refractivity contribution is 7.13. The first-order valence-electron chi connectivity index (χ1n) is 9.19. The van der Waals surface area contributed by atoms with E-state index >= 15 is 0 Å². The van der Waals surface area contributed by atoms with Gasteiger partial charge < -0.3 is 14.8 Å². The van der Waals surface area contributed by atoms with Gasteiger partial charge in [0.25, 0.3) is 0 Å². The highest BCUT2D eigenvalue weighted by Gasteiger charge is 2.31. The van der Waals surface area contributed by atoms with Crippen LogP contribution in [0.15, 0.2) is 30.6 Å². The first kappa shape index (κ1) is 15.8. The quantitative estimate of drug-likeness (QED) is 0.756. The van der Waals surface area contributed by atoms with Gasteiger partial charge in [-0.3, -0.25) is 4.79 Å².